The zero-order valence-corrected chi connectivity index (χ0v) is 10.7. The van der Waals surface area contributed by atoms with Crippen LogP contribution < -0.4 is 5.32 Å². The van der Waals surface area contributed by atoms with Gasteiger partial charge in [0.05, 0.1) is 6.33 Å². The van der Waals surface area contributed by atoms with Gasteiger partial charge in [-0.15, -0.1) is 0 Å². The molecule has 1 fully saturated rings. The van der Waals surface area contributed by atoms with Gasteiger partial charge in [-0.1, -0.05) is 26.2 Å². The molecule has 2 aromatic heterocycles. The van der Waals surface area contributed by atoms with Crippen LogP contribution >= 0.6 is 0 Å². The van der Waals surface area contributed by atoms with Gasteiger partial charge in [-0.25, -0.2) is 15.0 Å². The molecule has 5 heteroatoms. The second-order valence-corrected chi connectivity index (χ2v) is 5.03. The maximum atomic E-state index is 4.35. The fraction of sp³-hybridized carbons (Fsp3) is 0.615. The van der Waals surface area contributed by atoms with Crippen molar-refractivity contribution in [2.24, 2.45) is 5.92 Å². The first kappa shape index (κ1) is 11.4. The smallest absolute Gasteiger partial charge is 0.182 e. The van der Waals surface area contributed by atoms with Crippen molar-refractivity contribution in [1.29, 1.82) is 0 Å². The summed E-state index contributed by atoms with van der Waals surface area (Å²) >= 11 is 0. The number of rotatable bonds is 3. The van der Waals surface area contributed by atoms with E-state index in [-0.39, 0.29) is 0 Å². The third-order valence-corrected chi connectivity index (χ3v) is 3.98. The number of hydrogen-bond donors (Lipinski definition) is 2. The molecule has 0 saturated heterocycles. The highest BCUT2D eigenvalue weighted by Crippen LogP contribution is 2.29. The summed E-state index contributed by atoms with van der Waals surface area (Å²) < 4.78 is 0. The first-order valence-electron chi connectivity index (χ1n) is 6.79. The molecular weight excluding hydrogens is 226 g/mol. The van der Waals surface area contributed by atoms with Crippen LogP contribution in [0.5, 0.6) is 0 Å². The van der Waals surface area contributed by atoms with Crippen LogP contribution in [0.4, 0.5) is 5.82 Å². The molecule has 18 heavy (non-hydrogen) atoms. The predicted octanol–water partition coefficient (Wildman–Crippen LogP) is 2.73. The second kappa shape index (κ2) is 4.92. The summed E-state index contributed by atoms with van der Waals surface area (Å²) in [6.07, 6.45) is 9.71. The van der Waals surface area contributed by atoms with Crippen molar-refractivity contribution in [3.05, 3.63) is 12.7 Å². The fourth-order valence-electron chi connectivity index (χ4n) is 2.94. The number of imidazole rings is 1. The summed E-state index contributed by atoms with van der Waals surface area (Å²) in [5.74, 6) is 1.65. The van der Waals surface area contributed by atoms with E-state index in [2.05, 4.69) is 32.2 Å². The fourth-order valence-corrected chi connectivity index (χ4v) is 2.94. The highest BCUT2D eigenvalue weighted by atomic mass is 15.1. The van der Waals surface area contributed by atoms with Gasteiger partial charge in [0.1, 0.15) is 11.8 Å². The van der Waals surface area contributed by atoms with Gasteiger partial charge in [-0.3, -0.25) is 0 Å². The summed E-state index contributed by atoms with van der Waals surface area (Å²) in [6.45, 7) is 2.27. The number of H-pyrrole nitrogens is 1. The minimum atomic E-state index is 0.533. The molecule has 0 aromatic carbocycles. The van der Waals surface area contributed by atoms with Crippen molar-refractivity contribution in [1.82, 2.24) is 19.9 Å². The lowest BCUT2D eigenvalue weighted by Gasteiger charge is -2.31. The first-order chi connectivity index (χ1) is 8.88. The molecule has 5 nitrogen and oxygen atoms in total. The van der Waals surface area contributed by atoms with Gasteiger partial charge in [0.15, 0.2) is 11.5 Å². The van der Waals surface area contributed by atoms with Crippen LogP contribution in [0.25, 0.3) is 11.2 Å². The van der Waals surface area contributed by atoms with E-state index < -0.39 is 0 Å². The molecule has 2 aromatic rings. The van der Waals surface area contributed by atoms with Gasteiger partial charge >= 0.3 is 0 Å². The predicted molar refractivity (Wildman–Crippen MR) is 71.3 cm³/mol. The van der Waals surface area contributed by atoms with Crippen molar-refractivity contribution in [2.45, 2.75) is 45.1 Å². The molecular formula is C13H19N5. The van der Waals surface area contributed by atoms with E-state index in [1.54, 1.807) is 12.7 Å². The molecule has 0 spiro atoms. The average Bonchev–Trinajstić information content (AvgIpc) is 2.89. The third-order valence-electron chi connectivity index (χ3n) is 3.98. The zero-order chi connectivity index (χ0) is 12.4. The number of fused-ring (bicyclic) bond motifs is 1. The molecule has 2 atom stereocenters. The minimum absolute atomic E-state index is 0.533. The van der Waals surface area contributed by atoms with E-state index in [9.17, 15) is 0 Å². The topological polar surface area (TPSA) is 66.5 Å². The second-order valence-electron chi connectivity index (χ2n) is 5.03. The molecule has 2 N–H and O–H groups in total. The third kappa shape index (κ3) is 2.05. The molecule has 0 radical (unpaired) electrons. The number of aromatic amines is 1. The lowest BCUT2D eigenvalue weighted by molar-refractivity contribution is 0.317. The Kier molecular flexibility index (Phi) is 3.13. The average molecular weight is 245 g/mol. The number of nitrogens with one attached hydrogen (secondary N) is 2. The monoisotopic (exact) mass is 245 g/mol. The van der Waals surface area contributed by atoms with Gasteiger partial charge in [0.25, 0.3) is 0 Å². The molecule has 2 unspecified atom stereocenters. The number of nitrogens with zero attached hydrogens (tertiary/aromatic N) is 3. The summed E-state index contributed by atoms with van der Waals surface area (Å²) in [4.78, 5) is 15.8. The van der Waals surface area contributed by atoms with Crippen molar-refractivity contribution in [2.75, 3.05) is 5.32 Å². The Morgan fingerprint density at radius 2 is 2.17 bits per heavy atom. The Morgan fingerprint density at radius 3 is 3.06 bits per heavy atom. The molecule has 3 rings (SSSR count). The van der Waals surface area contributed by atoms with E-state index in [0.717, 1.165) is 22.9 Å². The zero-order valence-electron chi connectivity index (χ0n) is 10.7. The summed E-state index contributed by atoms with van der Waals surface area (Å²) in [5, 5.41) is 3.59. The van der Waals surface area contributed by atoms with E-state index in [1.807, 2.05) is 0 Å². The van der Waals surface area contributed by atoms with Crippen LogP contribution in [0, 0.1) is 5.92 Å². The van der Waals surface area contributed by atoms with Crippen LogP contribution in [0.15, 0.2) is 12.7 Å². The molecule has 0 amide bonds. The maximum Gasteiger partial charge on any atom is 0.182 e. The van der Waals surface area contributed by atoms with Gasteiger partial charge in [-0.2, -0.15) is 0 Å². The Balaban J connectivity index is 1.84. The van der Waals surface area contributed by atoms with E-state index >= 15 is 0 Å². The Labute approximate surface area is 106 Å². The van der Waals surface area contributed by atoms with E-state index in [1.165, 1.54) is 32.1 Å². The lowest BCUT2D eigenvalue weighted by atomic mass is 9.83. The summed E-state index contributed by atoms with van der Waals surface area (Å²) in [7, 11) is 0. The Bertz CT molecular complexity index is 521. The normalized spacial score (nSPS) is 24.3. The van der Waals surface area contributed by atoms with Crippen LogP contribution in [0.1, 0.15) is 39.0 Å². The van der Waals surface area contributed by atoms with Gasteiger partial charge in [0, 0.05) is 6.04 Å². The van der Waals surface area contributed by atoms with Gasteiger partial charge < -0.3 is 10.3 Å². The van der Waals surface area contributed by atoms with E-state index in [0.29, 0.717) is 6.04 Å². The van der Waals surface area contributed by atoms with Crippen molar-refractivity contribution < 1.29 is 0 Å². The van der Waals surface area contributed by atoms with E-state index in [4.69, 9.17) is 0 Å². The van der Waals surface area contributed by atoms with Crippen molar-refractivity contribution in [3.63, 3.8) is 0 Å². The summed E-state index contributed by atoms with van der Waals surface area (Å²) in [5.41, 5.74) is 1.65. The molecule has 0 aliphatic heterocycles. The standard InChI is InChI=1S/C13H19N5/c1-2-9-5-3-4-6-10(9)18-13-11-12(15-7-14-11)16-8-17-13/h7-10H,2-6H2,1H3,(H2,14,15,16,17,18). The minimum Gasteiger partial charge on any atom is -0.365 e. The highest BCUT2D eigenvalue weighted by Gasteiger charge is 2.24. The molecule has 0 bridgehead atoms. The largest absolute Gasteiger partial charge is 0.365 e. The number of aromatic nitrogens is 4. The van der Waals surface area contributed by atoms with Crippen LogP contribution in [-0.2, 0) is 0 Å². The van der Waals surface area contributed by atoms with Crippen LogP contribution in [-0.4, -0.2) is 26.0 Å². The lowest BCUT2D eigenvalue weighted by Crippen LogP contribution is -2.32. The highest BCUT2D eigenvalue weighted by molar-refractivity contribution is 5.82. The quantitative estimate of drug-likeness (QED) is 0.872. The van der Waals surface area contributed by atoms with Crippen molar-refractivity contribution >= 4 is 17.0 Å². The molecule has 2 heterocycles. The van der Waals surface area contributed by atoms with Gasteiger partial charge in [-0.05, 0) is 18.8 Å². The Morgan fingerprint density at radius 1 is 1.28 bits per heavy atom. The molecule has 1 aliphatic rings. The Hall–Kier alpha value is -1.65. The maximum absolute atomic E-state index is 4.35. The number of anilines is 1. The summed E-state index contributed by atoms with van der Waals surface area (Å²) in [6, 6.07) is 0.533. The van der Waals surface area contributed by atoms with Gasteiger partial charge in [0.2, 0.25) is 0 Å². The number of hydrogen-bond acceptors (Lipinski definition) is 4. The van der Waals surface area contributed by atoms with Crippen LogP contribution in [0.2, 0.25) is 0 Å². The molecule has 96 valence electrons. The van der Waals surface area contributed by atoms with Crippen LogP contribution in [0.3, 0.4) is 0 Å². The SMILES string of the molecule is CCC1CCCCC1Nc1ncnc2nc[nH]c12. The first-order valence-corrected chi connectivity index (χ1v) is 6.79. The molecule has 1 saturated carbocycles. The molecule has 1 aliphatic carbocycles. The van der Waals surface area contributed by atoms with Crippen molar-refractivity contribution in [3.8, 4) is 0 Å².